The summed E-state index contributed by atoms with van der Waals surface area (Å²) in [6.45, 7) is 0. The number of para-hydroxylation sites is 3. The number of hydrogen-bond acceptors (Lipinski definition) is 3. The van der Waals surface area contributed by atoms with Crippen molar-refractivity contribution < 1.29 is 0 Å². The largest absolute Gasteiger partial charge is 0.309 e. The number of fused-ring (bicyclic) bond motifs is 6. The number of aromatic nitrogens is 2. The average molecular weight is 560 g/mol. The second-order valence-electron chi connectivity index (χ2n) is 10.8. The third-order valence-electron chi connectivity index (χ3n) is 8.42. The second kappa shape index (κ2) is 9.74. The summed E-state index contributed by atoms with van der Waals surface area (Å²) in [6.07, 6.45) is 0. The van der Waals surface area contributed by atoms with Crippen molar-refractivity contribution in [2.45, 2.75) is 0 Å². The lowest BCUT2D eigenvalue weighted by Gasteiger charge is -2.16. The summed E-state index contributed by atoms with van der Waals surface area (Å²) in [5.74, 6) is 0. The summed E-state index contributed by atoms with van der Waals surface area (Å²) in [4.78, 5) is 0. The fourth-order valence-electron chi connectivity index (χ4n) is 6.52. The first-order valence-electron chi connectivity index (χ1n) is 14.2. The maximum absolute atomic E-state index is 10.5. The quantitative estimate of drug-likeness (QED) is 0.216. The number of rotatable bonds is 3. The first-order valence-corrected chi connectivity index (χ1v) is 14.2. The van der Waals surface area contributed by atoms with E-state index in [-0.39, 0.29) is 0 Å². The molecule has 0 aliphatic rings. The maximum atomic E-state index is 10.5. The van der Waals surface area contributed by atoms with Crippen LogP contribution in [-0.2, 0) is 0 Å². The SMILES string of the molecule is N#Cc1ccc2c(c1)c1ccccc1n2-c1ccc(-c2ccccc2-n2c3ccccc3c3cc(C#N)ccc32)c(C#N)c1. The second-order valence-corrected chi connectivity index (χ2v) is 10.8. The Morgan fingerprint density at radius 3 is 1.59 bits per heavy atom. The van der Waals surface area contributed by atoms with Crippen molar-refractivity contribution in [3.8, 4) is 40.7 Å². The number of nitrogens with zero attached hydrogens (tertiary/aromatic N) is 5. The standard InChI is InChI=1S/C39H21N5/c40-22-25-13-17-38-33(19-25)31-8-2-4-10-35(31)43(38)28-15-16-29(27(21-28)24-42)30-7-1-5-11-36(30)44-37-12-6-3-9-32(37)34-20-26(23-41)14-18-39(34)44/h1-21H. The van der Waals surface area contributed by atoms with Gasteiger partial charge in [0.15, 0.2) is 0 Å². The highest BCUT2D eigenvalue weighted by atomic mass is 15.0. The molecule has 0 N–H and O–H groups in total. The lowest BCUT2D eigenvalue weighted by molar-refractivity contribution is 1.17. The summed E-state index contributed by atoms with van der Waals surface area (Å²) in [7, 11) is 0. The highest BCUT2D eigenvalue weighted by Gasteiger charge is 2.19. The molecule has 0 saturated carbocycles. The van der Waals surface area contributed by atoms with E-state index in [1.165, 1.54) is 0 Å². The van der Waals surface area contributed by atoms with E-state index < -0.39 is 0 Å². The van der Waals surface area contributed by atoms with Gasteiger partial charge in [0.25, 0.3) is 0 Å². The fraction of sp³-hybridized carbons (Fsp3) is 0. The lowest BCUT2D eigenvalue weighted by Crippen LogP contribution is -2.00. The van der Waals surface area contributed by atoms with E-state index in [9.17, 15) is 15.8 Å². The molecule has 0 radical (unpaired) electrons. The minimum absolute atomic E-state index is 0.557. The van der Waals surface area contributed by atoms with E-state index in [1.54, 1.807) is 0 Å². The van der Waals surface area contributed by atoms with Gasteiger partial charge in [0, 0.05) is 38.4 Å². The van der Waals surface area contributed by atoms with Gasteiger partial charge in [-0.1, -0.05) is 60.7 Å². The predicted octanol–water partition coefficient (Wildman–Crippen LogP) is 9.16. The Labute approximate surface area is 252 Å². The molecule has 0 fully saturated rings. The molecule has 0 unspecified atom stereocenters. The van der Waals surface area contributed by atoms with Crippen LogP contribution in [0.25, 0.3) is 66.1 Å². The van der Waals surface area contributed by atoms with Crippen LogP contribution in [0.1, 0.15) is 16.7 Å². The van der Waals surface area contributed by atoms with Gasteiger partial charge in [-0.2, -0.15) is 15.8 Å². The molecule has 0 aliphatic carbocycles. The topological polar surface area (TPSA) is 81.2 Å². The first-order chi connectivity index (χ1) is 21.7. The monoisotopic (exact) mass is 559 g/mol. The third-order valence-corrected chi connectivity index (χ3v) is 8.42. The summed E-state index contributed by atoms with van der Waals surface area (Å²) >= 11 is 0. The molecular formula is C39H21N5. The van der Waals surface area contributed by atoms with Crippen molar-refractivity contribution in [3.05, 3.63) is 144 Å². The highest BCUT2D eigenvalue weighted by Crippen LogP contribution is 2.39. The molecule has 202 valence electrons. The number of nitriles is 3. The van der Waals surface area contributed by atoms with Crippen LogP contribution in [0.2, 0.25) is 0 Å². The molecule has 0 spiro atoms. The molecule has 0 saturated heterocycles. The van der Waals surface area contributed by atoms with Crippen LogP contribution in [0.15, 0.2) is 127 Å². The van der Waals surface area contributed by atoms with E-state index in [0.717, 1.165) is 66.1 Å². The van der Waals surface area contributed by atoms with Crippen LogP contribution < -0.4 is 0 Å². The number of hydrogen-bond donors (Lipinski definition) is 0. The van der Waals surface area contributed by atoms with Gasteiger partial charge in [-0.15, -0.1) is 0 Å². The van der Waals surface area contributed by atoms with Gasteiger partial charge in [-0.25, -0.2) is 0 Å². The smallest absolute Gasteiger partial charge is 0.0998 e. The van der Waals surface area contributed by atoms with Gasteiger partial charge >= 0.3 is 0 Å². The van der Waals surface area contributed by atoms with E-state index in [4.69, 9.17) is 0 Å². The van der Waals surface area contributed by atoms with Crippen LogP contribution in [0, 0.1) is 34.0 Å². The molecule has 0 amide bonds. The van der Waals surface area contributed by atoms with Gasteiger partial charge in [0.05, 0.1) is 62.7 Å². The highest BCUT2D eigenvalue weighted by molar-refractivity contribution is 6.11. The number of benzene rings is 6. The molecule has 0 atom stereocenters. The molecule has 2 aromatic heterocycles. The zero-order valence-corrected chi connectivity index (χ0v) is 23.4. The van der Waals surface area contributed by atoms with Crippen LogP contribution in [-0.4, -0.2) is 9.13 Å². The first kappa shape index (κ1) is 25.1. The molecule has 44 heavy (non-hydrogen) atoms. The molecule has 0 bridgehead atoms. The Bertz CT molecular complexity index is 2600. The van der Waals surface area contributed by atoms with E-state index in [1.807, 2.05) is 84.9 Å². The van der Waals surface area contributed by atoms with Crippen LogP contribution in [0.4, 0.5) is 0 Å². The molecule has 0 aliphatic heterocycles. The summed E-state index contributed by atoms with van der Waals surface area (Å²) < 4.78 is 4.37. The molecule has 5 nitrogen and oxygen atoms in total. The van der Waals surface area contributed by atoms with Crippen molar-refractivity contribution in [3.63, 3.8) is 0 Å². The summed E-state index contributed by atoms with van der Waals surface area (Å²) in [5.41, 5.74) is 9.39. The van der Waals surface area contributed by atoms with Crippen molar-refractivity contribution in [2.75, 3.05) is 0 Å². The Morgan fingerprint density at radius 1 is 0.409 bits per heavy atom. The van der Waals surface area contributed by atoms with Crippen LogP contribution in [0.5, 0.6) is 0 Å². The Balaban J connectivity index is 1.36. The van der Waals surface area contributed by atoms with E-state index in [0.29, 0.717) is 16.7 Å². The Hall–Kier alpha value is -6.61. The van der Waals surface area contributed by atoms with Gasteiger partial charge in [-0.3, -0.25) is 0 Å². The Kier molecular flexibility index (Phi) is 5.56. The van der Waals surface area contributed by atoms with Crippen molar-refractivity contribution >= 4 is 43.6 Å². The summed E-state index contributed by atoms with van der Waals surface area (Å²) in [6, 6.07) is 49.0. The minimum atomic E-state index is 0.557. The predicted molar refractivity (Wildman–Crippen MR) is 175 cm³/mol. The van der Waals surface area contributed by atoms with Crippen LogP contribution in [0.3, 0.4) is 0 Å². The average Bonchev–Trinajstić information content (AvgIpc) is 3.60. The summed E-state index contributed by atoms with van der Waals surface area (Å²) in [5, 5.41) is 33.7. The van der Waals surface area contributed by atoms with Crippen LogP contribution >= 0.6 is 0 Å². The third kappa shape index (κ3) is 3.63. The molecular weight excluding hydrogens is 538 g/mol. The fourth-order valence-corrected chi connectivity index (χ4v) is 6.52. The lowest BCUT2D eigenvalue weighted by atomic mass is 9.97. The van der Waals surface area contributed by atoms with Crippen molar-refractivity contribution in [1.29, 1.82) is 15.8 Å². The molecule has 8 rings (SSSR count). The van der Waals surface area contributed by atoms with Crippen molar-refractivity contribution in [1.82, 2.24) is 9.13 Å². The van der Waals surface area contributed by atoms with Gasteiger partial charge in [-0.05, 0) is 66.7 Å². The molecule has 6 aromatic carbocycles. The Morgan fingerprint density at radius 2 is 0.955 bits per heavy atom. The minimum Gasteiger partial charge on any atom is -0.309 e. The molecule has 8 aromatic rings. The zero-order chi connectivity index (χ0) is 29.8. The van der Waals surface area contributed by atoms with Gasteiger partial charge in [0.2, 0.25) is 0 Å². The van der Waals surface area contributed by atoms with Gasteiger partial charge in [0.1, 0.15) is 0 Å². The molecule has 5 heteroatoms. The zero-order valence-electron chi connectivity index (χ0n) is 23.4. The normalized spacial score (nSPS) is 11.1. The van der Waals surface area contributed by atoms with E-state index >= 15 is 0 Å². The van der Waals surface area contributed by atoms with Gasteiger partial charge < -0.3 is 9.13 Å². The van der Waals surface area contributed by atoms with E-state index in [2.05, 4.69) is 69.8 Å². The maximum Gasteiger partial charge on any atom is 0.0998 e. The van der Waals surface area contributed by atoms with Crippen molar-refractivity contribution in [2.24, 2.45) is 0 Å². The molecule has 2 heterocycles.